The maximum atomic E-state index is 11.4. The average Bonchev–Trinajstić information content (AvgIpc) is 2.49. The van der Waals surface area contributed by atoms with Gasteiger partial charge in [0.2, 0.25) is 0 Å². The van der Waals surface area contributed by atoms with Crippen LogP contribution in [0.1, 0.15) is 17.5 Å². The number of benzene rings is 2. The molecular formula is C18H17ClO2. The van der Waals surface area contributed by atoms with Gasteiger partial charge in [-0.05, 0) is 30.0 Å². The van der Waals surface area contributed by atoms with Crippen LogP contribution in [0.5, 0.6) is 0 Å². The Labute approximate surface area is 129 Å². The van der Waals surface area contributed by atoms with Gasteiger partial charge in [0, 0.05) is 5.02 Å². The van der Waals surface area contributed by atoms with E-state index in [9.17, 15) is 9.90 Å². The molecule has 1 atom stereocenters. The van der Waals surface area contributed by atoms with Gasteiger partial charge in [-0.2, -0.15) is 0 Å². The minimum Gasteiger partial charge on any atom is -0.481 e. The molecule has 0 spiro atoms. The highest BCUT2D eigenvalue weighted by molar-refractivity contribution is 6.31. The van der Waals surface area contributed by atoms with Crippen LogP contribution >= 0.6 is 11.6 Å². The molecule has 21 heavy (non-hydrogen) atoms. The first kappa shape index (κ1) is 15.3. The summed E-state index contributed by atoms with van der Waals surface area (Å²) >= 11 is 6.09. The molecule has 2 nitrogen and oxygen atoms in total. The first-order valence-electron chi connectivity index (χ1n) is 6.84. The van der Waals surface area contributed by atoms with Crippen LogP contribution in [0.4, 0.5) is 0 Å². The highest BCUT2D eigenvalue weighted by Crippen LogP contribution is 2.21. The lowest BCUT2D eigenvalue weighted by atomic mass is 9.96. The minimum atomic E-state index is -0.798. The lowest BCUT2D eigenvalue weighted by Gasteiger charge is -2.11. The maximum Gasteiger partial charge on any atom is 0.307 e. The molecule has 0 saturated carbocycles. The van der Waals surface area contributed by atoms with E-state index in [2.05, 4.69) is 0 Å². The van der Waals surface area contributed by atoms with Gasteiger partial charge in [0.15, 0.2) is 0 Å². The second kappa shape index (κ2) is 7.65. The van der Waals surface area contributed by atoms with E-state index in [1.807, 2.05) is 60.7 Å². The van der Waals surface area contributed by atoms with Crippen LogP contribution in [0.15, 0.2) is 60.7 Å². The number of hydrogen-bond acceptors (Lipinski definition) is 1. The van der Waals surface area contributed by atoms with Gasteiger partial charge in [-0.1, -0.05) is 72.3 Å². The molecule has 0 aromatic heterocycles. The monoisotopic (exact) mass is 300 g/mol. The second-order valence-electron chi connectivity index (χ2n) is 4.88. The first-order valence-corrected chi connectivity index (χ1v) is 7.22. The number of carboxylic acids is 1. The Morgan fingerprint density at radius 2 is 1.76 bits per heavy atom. The molecule has 0 aliphatic carbocycles. The van der Waals surface area contributed by atoms with E-state index in [-0.39, 0.29) is 0 Å². The van der Waals surface area contributed by atoms with Crippen molar-refractivity contribution in [3.8, 4) is 0 Å². The van der Waals surface area contributed by atoms with Crippen molar-refractivity contribution in [2.24, 2.45) is 5.92 Å². The van der Waals surface area contributed by atoms with E-state index in [0.717, 1.165) is 11.1 Å². The molecule has 1 unspecified atom stereocenters. The third-order valence-electron chi connectivity index (χ3n) is 3.30. The van der Waals surface area contributed by atoms with Gasteiger partial charge >= 0.3 is 5.97 Å². The van der Waals surface area contributed by atoms with Gasteiger partial charge < -0.3 is 5.11 Å². The normalized spacial score (nSPS) is 12.4. The Hall–Kier alpha value is -2.06. The number of halogens is 1. The molecule has 0 fully saturated rings. The Bertz CT molecular complexity index is 620. The number of hydrogen-bond donors (Lipinski definition) is 1. The fourth-order valence-corrected chi connectivity index (χ4v) is 2.35. The number of carbonyl (C=O) groups is 1. The topological polar surface area (TPSA) is 37.3 Å². The van der Waals surface area contributed by atoms with Crippen molar-refractivity contribution in [2.75, 3.05) is 0 Å². The van der Waals surface area contributed by atoms with Crippen LogP contribution in [0.25, 0.3) is 6.08 Å². The molecule has 0 bridgehead atoms. The quantitative estimate of drug-likeness (QED) is 0.840. The van der Waals surface area contributed by atoms with Crippen molar-refractivity contribution in [3.05, 3.63) is 76.8 Å². The molecule has 0 aliphatic rings. The SMILES string of the molecule is O=C(O)C(CC=Cc1ccccc1)Cc1ccccc1Cl. The van der Waals surface area contributed by atoms with Crippen LogP contribution in [0.3, 0.4) is 0 Å². The fraction of sp³-hybridized carbons (Fsp3) is 0.167. The van der Waals surface area contributed by atoms with Crippen LogP contribution in [-0.4, -0.2) is 11.1 Å². The Kier molecular flexibility index (Phi) is 5.59. The van der Waals surface area contributed by atoms with Crippen molar-refractivity contribution in [1.29, 1.82) is 0 Å². The highest BCUT2D eigenvalue weighted by Gasteiger charge is 2.17. The number of rotatable bonds is 6. The Morgan fingerprint density at radius 1 is 1.10 bits per heavy atom. The molecule has 3 heteroatoms. The van der Waals surface area contributed by atoms with E-state index in [0.29, 0.717) is 17.9 Å². The molecule has 2 aromatic rings. The summed E-state index contributed by atoms with van der Waals surface area (Å²) in [5.74, 6) is -1.27. The molecule has 2 aromatic carbocycles. The largest absolute Gasteiger partial charge is 0.481 e. The Balaban J connectivity index is 2.02. The van der Waals surface area contributed by atoms with Crippen LogP contribution in [0.2, 0.25) is 5.02 Å². The summed E-state index contributed by atoms with van der Waals surface area (Å²) in [6.07, 6.45) is 4.77. The van der Waals surface area contributed by atoms with Gasteiger partial charge in [0.05, 0.1) is 5.92 Å². The third-order valence-corrected chi connectivity index (χ3v) is 3.67. The van der Waals surface area contributed by atoms with Gasteiger partial charge in [0.25, 0.3) is 0 Å². The summed E-state index contributed by atoms with van der Waals surface area (Å²) in [5, 5.41) is 9.97. The molecular weight excluding hydrogens is 284 g/mol. The maximum absolute atomic E-state index is 11.4. The summed E-state index contributed by atoms with van der Waals surface area (Å²) < 4.78 is 0. The van der Waals surface area contributed by atoms with E-state index in [4.69, 9.17) is 11.6 Å². The van der Waals surface area contributed by atoms with E-state index < -0.39 is 11.9 Å². The highest BCUT2D eigenvalue weighted by atomic mass is 35.5. The van der Waals surface area contributed by atoms with Crippen molar-refractivity contribution in [2.45, 2.75) is 12.8 Å². The summed E-state index contributed by atoms with van der Waals surface area (Å²) in [4.78, 5) is 11.4. The van der Waals surface area contributed by atoms with Gasteiger partial charge in [0.1, 0.15) is 0 Å². The van der Waals surface area contributed by atoms with Crippen LogP contribution < -0.4 is 0 Å². The lowest BCUT2D eigenvalue weighted by Crippen LogP contribution is -2.15. The number of aliphatic carboxylic acids is 1. The predicted octanol–water partition coefficient (Wildman–Crippen LogP) is 4.69. The van der Waals surface area contributed by atoms with E-state index >= 15 is 0 Å². The van der Waals surface area contributed by atoms with Gasteiger partial charge in [-0.25, -0.2) is 0 Å². The molecule has 0 saturated heterocycles. The predicted molar refractivity (Wildman–Crippen MR) is 86.4 cm³/mol. The summed E-state index contributed by atoms with van der Waals surface area (Å²) in [6, 6.07) is 17.2. The van der Waals surface area contributed by atoms with Gasteiger partial charge in [-0.3, -0.25) is 4.79 Å². The summed E-state index contributed by atoms with van der Waals surface area (Å²) in [5.41, 5.74) is 1.94. The molecule has 0 heterocycles. The summed E-state index contributed by atoms with van der Waals surface area (Å²) in [7, 11) is 0. The first-order chi connectivity index (χ1) is 10.2. The van der Waals surface area contributed by atoms with E-state index in [1.165, 1.54) is 0 Å². The molecule has 1 N–H and O–H groups in total. The number of carboxylic acid groups (broad SMARTS) is 1. The molecule has 0 radical (unpaired) electrons. The van der Waals surface area contributed by atoms with Crippen molar-refractivity contribution in [1.82, 2.24) is 0 Å². The molecule has 0 aliphatic heterocycles. The molecule has 0 amide bonds. The van der Waals surface area contributed by atoms with Crippen LogP contribution in [-0.2, 0) is 11.2 Å². The summed E-state index contributed by atoms with van der Waals surface area (Å²) in [6.45, 7) is 0. The fourth-order valence-electron chi connectivity index (χ4n) is 2.13. The van der Waals surface area contributed by atoms with Crippen molar-refractivity contribution < 1.29 is 9.90 Å². The van der Waals surface area contributed by atoms with Crippen molar-refractivity contribution >= 4 is 23.6 Å². The minimum absolute atomic E-state index is 0.439. The van der Waals surface area contributed by atoms with E-state index in [1.54, 1.807) is 6.07 Å². The molecule has 108 valence electrons. The van der Waals surface area contributed by atoms with Gasteiger partial charge in [-0.15, -0.1) is 0 Å². The zero-order valence-electron chi connectivity index (χ0n) is 11.6. The third kappa shape index (κ3) is 4.76. The standard InChI is InChI=1S/C18H17ClO2/c19-17-12-5-4-10-15(17)13-16(18(20)21)11-6-9-14-7-2-1-3-8-14/h1-10,12,16H,11,13H2,(H,20,21). The lowest BCUT2D eigenvalue weighted by molar-refractivity contribution is -0.141. The average molecular weight is 301 g/mol. The smallest absolute Gasteiger partial charge is 0.307 e. The van der Waals surface area contributed by atoms with Crippen molar-refractivity contribution in [3.63, 3.8) is 0 Å². The zero-order chi connectivity index (χ0) is 15.1. The number of allylic oxidation sites excluding steroid dienone is 1. The Morgan fingerprint density at radius 3 is 2.43 bits per heavy atom. The van der Waals surface area contributed by atoms with Crippen LogP contribution in [0, 0.1) is 5.92 Å². The second-order valence-corrected chi connectivity index (χ2v) is 5.29. The zero-order valence-corrected chi connectivity index (χ0v) is 12.3. The molecule has 2 rings (SSSR count).